The number of aromatic nitrogens is 1. The fourth-order valence-corrected chi connectivity index (χ4v) is 3.35. The van der Waals surface area contributed by atoms with Gasteiger partial charge in [-0.15, -0.1) is 0 Å². The van der Waals surface area contributed by atoms with E-state index in [1.807, 2.05) is 19.3 Å². The Labute approximate surface area is 122 Å². The highest BCUT2D eigenvalue weighted by Crippen LogP contribution is 2.54. The molecule has 0 saturated heterocycles. The van der Waals surface area contributed by atoms with Crippen LogP contribution < -0.4 is 5.32 Å². The summed E-state index contributed by atoms with van der Waals surface area (Å²) in [7, 11) is 2.02. The molecule has 3 rings (SSSR count). The van der Waals surface area contributed by atoms with Crippen LogP contribution in [-0.4, -0.2) is 12.0 Å². The Morgan fingerprint density at radius 1 is 1.21 bits per heavy atom. The van der Waals surface area contributed by atoms with E-state index in [0.717, 1.165) is 10.2 Å². The van der Waals surface area contributed by atoms with Gasteiger partial charge in [0.2, 0.25) is 0 Å². The Bertz CT molecular complexity index is 556. The smallest absolute Gasteiger partial charge is 0.0717 e. The predicted octanol–water partition coefficient (Wildman–Crippen LogP) is 3.91. The van der Waals surface area contributed by atoms with Crippen LogP contribution in [0, 0.1) is 5.92 Å². The molecule has 1 aliphatic rings. The van der Waals surface area contributed by atoms with Crippen LogP contribution in [0.1, 0.15) is 29.6 Å². The normalized spacial score (nSPS) is 23.1. The van der Waals surface area contributed by atoms with Crippen LogP contribution >= 0.6 is 15.9 Å². The molecule has 3 atom stereocenters. The summed E-state index contributed by atoms with van der Waals surface area (Å²) in [5, 5.41) is 3.43. The van der Waals surface area contributed by atoms with Crippen molar-refractivity contribution < 1.29 is 0 Å². The maximum absolute atomic E-state index is 4.53. The van der Waals surface area contributed by atoms with Crippen LogP contribution in [0.15, 0.2) is 53.1 Å². The highest BCUT2D eigenvalue weighted by molar-refractivity contribution is 9.10. The molecule has 1 aromatic carbocycles. The standard InChI is InChI=1S/C16H17BrN2/c1-18-15(16-14(17)8-5-9-19-16)13-10-12(13)11-6-3-2-4-7-11/h2-9,12-13,15,18H,10H2,1H3. The van der Waals surface area contributed by atoms with E-state index >= 15 is 0 Å². The van der Waals surface area contributed by atoms with Crippen molar-refractivity contribution in [1.82, 2.24) is 10.3 Å². The van der Waals surface area contributed by atoms with Crippen molar-refractivity contribution in [3.05, 3.63) is 64.4 Å². The topological polar surface area (TPSA) is 24.9 Å². The second kappa shape index (κ2) is 5.43. The molecule has 98 valence electrons. The van der Waals surface area contributed by atoms with Gasteiger partial charge in [0.1, 0.15) is 0 Å². The number of hydrogen-bond donors (Lipinski definition) is 1. The Kier molecular flexibility index (Phi) is 3.67. The molecule has 2 aromatic rings. The highest BCUT2D eigenvalue weighted by atomic mass is 79.9. The lowest BCUT2D eigenvalue weighted by Crippen LogP contribution is -2.20. The molecule has 0 spiro atoms. The van der Waals surface area contributed by atoms with E-state index in [2.05, 4.69) is 62.6 Å². The fraction of sp³-hybridized carbons (Fsp3) is 0.312. The number of nitrogens with one attached hydrogen (secondary N) is 1. The predicted molar refractivity (Wildman–Crippen MR) is 81.0 cm³/mol. The molecule has 0 radical (unpaired) electrons. The Morgan fingerprint density at radius 2 is 2.00 bits per heavy atom. The highest BCUT2D eigenvalue weighted by Gasteiger charge is 2.44. The van der Waals surface area contributed by atoms with Crippen LogP contribution in [0.4, 0.5) is 0 Å². The molecular formula is C16H17BrN2. The zero-order chi connectivity index (χ0) is 13.2. The number of benzene rings is 1. The zero-order valence-electron chi connectivity index (χ0n) is 10.9. The Hall–Kier alpha value is -1.19. The van der Waals surface area contributed by atoms with Crippen molar-refractivity contribution in [3.63, 3.8) is 0 Å². The zero-order valence-corrected chi connectivity index (χ0v) is 12.5. The van der Waals surface area contributed by atoms with Gasteiger partial charge in [-0.05, 0) is 58.9 Å². The molecule has 1 fully saturated rings. The number of rotatable bonds is 4. The van der Waals surface area contributed by atoms with Gasteiger partial charge in [0.05, 0.1) is 11.7 Å². The maximum atomic E-state index is 4.53. The molecule has 1 aliphatic carbocycles. The minimum absolute atomic E-state index is 0.320. The summed E-state index contributed by atoms with van der Waals surface area (Å²) in [6, 6.07) is 15.1. The third-order valence-electron chi connectivity index (χ3n) is 3.89. The maximum Gasteiger partial charge on any atom is 0.0717 e. The Morgan fingerprint density at radius 3 is 2.68 bits per heavy atom. The second-order valence-corrected chi connectivity index (χ2v) is 5.91. The minimum Gasteiger partial charge on any atom is -0.311 e. The van der Waals surface area contributed by atoms with Gasteiger partial charge >= 0.3 is 0 Å². The average molecular weight is 317 g/mol. The summed E-state index contributed by atoms with van der Waals surface area (Å²) in [6.07, 6.45) is 3.10. The first-order valence-corrected chi connectivity index (χ1v) is 7.43. The average Bonchev–Trinajstić information content (AvgIpc) is 3.23. The van der Waals surface area contributed by atoms with E-state index in [1.54, 1.807) is 0 Å². The lowest BCUT2D eigenvalue weighted by Gasteiger charge is -2.17. The molecule has 1 N–H and O–H groups in total. The SMILES string of the molecule is CNC(c1ncccc1Br)C1CC1c1ccccc1. The lowest BCUT2D eigenvalue weighted by atomic mass is 10.0. The lowest BCUT2D eigenvalue weighted by molar-refractivity contribution is 0.503. The number of halogens is 1. The van der Waals surface area contributed by atoms with Crippen molar-refractivity contribution in [2.24, 2.45) is 5.92 Å². The molecule has 2 nitrogen and oxygen atoms in total. The van der Waals surface area contributed by atoms with Gasteiger partial charge in [0.25, 0.3) is 0 Å². The Balaban J connectivity index is 1.81. The second-order valence-electron chi connectivity index (χ2n) is 5.05. The van der Waals surface area contributed by atoms with Crippen molar-refractivity contribution >= 4 is 15.9 Å². The number of pyridine rings is 1. The minimum atomic E-state index is 0.320. The van der Waals surface area contributed by atoms with Gasteiger partial charge in [-0.25, -0.2) is 0 Å². The summed E-state index contributed by atoms with van der Waals surface area (Å²) >= 11 is 3.61. The van der Waals surface area contributed by atoms with Crippen LogP contribution in [0.25, 0.3) is 0 Å². The van der Waals surface area contributed by atoms with E-state index in [9.17, 15) is 0 Å². The first kappa shape index (κ1) is 12.8. The summed E-state index contributed by atoms with van der Waals surface area (Å²) in [5.74, 6) is 1.30. The van der Waals surface area contributed by atoms with Crippen molar-refractivity contribution in [2.45, 2.75) is 18.4 Å². The van der Waals surface area contributed by atoms with Gasteiger partial charge < -0.3 is 5.32 Å². The van der Waals surface area contributed by atoms with Crippen LogP contribution in [0.5, 0.6) is 0 Å². The van der Waals surface area contributed by atoms with Gasteiger partial charge in [-0.1, -0.05) is 30.3 Å². The molecule has 0 bridgehead atoms. The molecule has 0 amide bonds. The third kappa shape index (κ3) is 2.58. The largest absolute Gasteiger partial charge is 0.311 e. The van der Waals surface area contributed by atoms with Crippen LogP contribution in [0.2, 0.25) is 0 Å². The van der Waals surface area contributed by atoms with Gasteiger partial charge in [-0.3, -0.25) is 4.98 Å². The van der Waals surface area contributed by atoms with E-state index in [-0.39, 0.29) is 0 Å². The van der Waals surface area contributed by atoms with E-state index in [4.69, 9.17) is 0 Å². The third-order valence-corrected chi connectivity index (χ3v) is 4.56. The molecular weight excluding hydrogens is 300 g/mol. The van der Waals surface area contributed by atoms with E-state index in [1.165, 1.54) is 12.0 Å². The van der Waals surface area contributed by atoms with Crippen LogP contribution in [-0.2, 0) is 0 Å². The summed E-state index contributed by atoms with van der Waals surface area (Å²) in [5.41, 5.74) is 2.56. The molecule has 3 heteroatoms. The molecule has 1 aromatic heterocycles. The van der Waals surface area contributed by atoms with Crippen molar-refractivity contribution in [3.8, 4) is 0 Å². The van der Waals surface area contributed by atoms with Crippen LogP contribution in [0.3, 0.4) is 0 Å². The van der Waals surface area contributed by atoms with E-state index < -0.39 is 0 Å². The molecule has 1 saturated carbocycles. The summed E-state index contributed by atoms with van der Waals surface area (Å²) < 4.78 is 1.09. The number of hydrogen-bond acceptors (Lipinski definition) is 2. The van der Waals surface area contributed by atoms with Crippen molar-refractivity contribution in [2.75, 3.05) is 7.05 Å². The summed E-state index contributed by atoms with van der Waals surface area (Å²) in [6.45, 7) is 0. The molecule has 0 aliphatic heterocycles. The van der Waals surface area contributed by atoms with E-state index in [0.29, 0.717) is 17.9 Å². The molecule has 1 heterocycles. The van der Waals surface area contributed by atoms with Gasteiger partial charge in [-0.2, -0.15) is 0 Å². The fourth-order valence-electron chi connectivity index (χ4n) is 2.85. The van der Waals surface area contributed by atoms with Gasteiger partial charge in [0.15, 0.2) is 0 Å². The van der Waals surface area contributed by atoms with Crippen molar-refractivity contribution in [1.29, 1.82) is 0 Å². The first-order chi connectivity index (χ1) is 9.31. The monoisotopic (exact) mass is 316 g/mol. The van der Waals surface area contributed by atoms with Gasteiger partial charge in [0, 0.05) is 10.7 Å². The number of nitrogens with zero attached hydrogens (tertiary/aromatic N) is 1. The summed E-state index contributed by atoms with van der Waals surface area (Å²) in [4.78, 5) is 4.53. The first-order valence-electron chi connectivity index (χ1n) is 6.64. The molecule has 3 unspecified atom stereocenters. The quantitative estimate of drug-likeness (QED) is 0.925. The molecule has 19 heavy (non-hydrogen) atoms.